The largest absolute Gasteiger partial charge is 0.337 e. The van der Waals surface area contributed by atoms with Crippen LogP contribution in [-0.4, -0.2) is 23.3 Å². The molecule has 0 saturated carbocycles. The third-order valence-electron chi connectivity index (χ3n) is 4.08. The van der Waals surface area contributed by atoms with E-state index in [1.165, 1.54) is 17.4 Å². The standard InChI is InChI=1S/C19H17N3O2S/c1-13(23)22-10-9-15-16(11-20)19(25-17(15)12-22)21-18(24)8-7-14-5-3-2-4-6-14/h2-8H,9-10,12H2,1H3,(H,21,24). The molecule has 126 valence electrons. The van der Waals surface area contributed by atoms with Crippen LogP contribution in [0.1, 0.15) is 28.5 Å². The number of hydrogen-bond acceptors (Lipinski definition) is 4. The van der Waals surface area contributed by atoms with Crippen LogP contribution in [0.4, 0.5) is 5.00 Å². The van der Waals surface area contributed by atoms with Crippen LogP contribution in [0.5, 0.6) is 0 Å². The van der Waals surface area contributed by atoms with Crippen molar-refractivity contribution in [2.24, 2.45) is 0 Å². The summed E-state index contributed by atoms with van der Waals surface area (Å²) in [5.74, 6) is -0.253. The van der Waals surface area contributed by atoms with Crippen LogP contribution < -0.4 is 5.32 Å². The van der Waals surface area contributed by atoms with Crippen molar-refractivity contribution >= 4 is 34.2 Å². The van der Waals surface area contributed by atoms with Gasteiger partial charge in [-0.3, -0.25) is 9.59 Å². The number of nitrogens with one attached hydrogen (secondary N) is 1. The van der Waals surface area contributed by atoms with Crippen LogP contribution in [0.25, 0.3) is 6.08 Å². The van der Waals surface area contributed by atoms with Gasteiger partial charge in [-0.15, -0.1) is 11.3 Å². The molecular formula is C19H17N3O2S. The van der Waals surface area contributed by atoms with Gasteiger partial charge < -0.3 is 10.2 Å². The number of carbonyl (C=O) groups is 2. The number of anilines is 1. The Kier molecular flexibility index (Phi) is 4.96. The van der Waals surface area contributed by atoms with E-state index in [0.29, 0.717) is 30.1 Å². The zero-order valence-electron chi connectivity index (χ0n) is 13.8. The molecule has 0 radical (unpaired) electrons. The van der Waals surface area contributed by atoms with E-state index in [0.717, 1.165) is 16.0 Å². The van der Waals surface area contributed by atoms with Gasteiger partial charge in [0.1, 0.15) is 11.1 Å². The second kappa shape index (κ2) is 7.32. The highest BCUT2D eigenvalue weighted by Gasteiger charge is 2.25. The molecule has 2 aromatic rings. The topological polar surface area (TPSA) is 73.2 Å². The van der Waals surface area contributed by atoms with E-state index < -0.39 is 0 Å². The van der Waals surface area contributed by atoms with Gasteiger partial charge >= 0.3 is 0 Å². The van der Waals surface area contributed by atoms with Gasteiger partial charge in [0.15, 0.2) is 0 Å². The smallest absolute Gasteiger partial charge is 0.249 e. The summed E-state index contributed by atoms with van der Waals surface area (Å²) in [7, 11) is 0. The van der Waals surface area contributed by atoms with Crippen molar-refractivity contribution in [3.05, 3.63) is 58.0 Å². The quantitative estimate of drug-likeness (QED) is 0.863. The molecule has 0 atom stereocenters. The number of fused-ring (bicyclic) bond motifs is 1. The first kappa shape index (κ1) is 16.9. The first-order valence-electron chi connectivity index (χ1n) is 7.92. The number of carbonyl (C=O) groups excluding carboxylic acids is 2. The third-order valence-corrected chi connectivity index (χ3v) is 5.21. The second-order valence-corrected chi connectivity index (χ2v) is 6.85. The highest BCUT2D eigenvalue weighted by molar-refractivity contribution is 7.16. The SMILES string of the molecule is CC(=O)N1CCc2c(sc(NC(=O)C=Cc3ccccc3)c2C#N)C1. The molecule has 5 nitrogen and oxygen atoms in total. The van der Waals surface area contributed by atoms with Gasteiger partial charge in [0.25, 0.3) is 0 Å². The average molecular weight is 351 g/mol. The summed E-state index contributed by atoms with van der Waals surface area (Å²) in [5, 5.41) is 12.8. The van der Waals surface area contributed by atoms with Gasteiger partial charge in [-0.2, -0.15) is 5.26 Å². The lowest BCUT2D eigenvalue weighted by Crippen LogP contribution is -2.33. The molecule has 25 heavy (non-hydrogen) atoms. The fourth-order valence-corrected chi connectivity index (χ4v) is 3.98. The minimum atomic E-state index is -0.276. The van der Waals surface area contributed by atoms with Crippen LogP contribution in [0.3, 0.4) is 0 Å². The van der Waals surface area contributed by atoms with Crippen molar-refractivity contribution < 1.29 is 9.59 Å². The Morgan fingerprint density at radius 2 is 2.08 bits per heavy atom. The van der Waals surface area contributed by atoms with E-state index in [2.05, 4.69) is 11.4 Å². The minimum Gasteiger partial charge on any atom is -0.337 e. The molecule has 1 aliphatic rings. The van der Waals surface area contributed by atoms with Gasteiger partial charge in [-0.1, -0.05) is 30.3 Å². The summed E-state index contributed by atoms with van der Waals surface area (Å²) >= 11 is 1.38. The lowest BCUT2D eigenvalue weighted by molar-refractivity contribution is -0.129. The maximum absolute atomic E-state index is 12.2. The number of amides is 2. The average Bonchev–Trinajstić information content (AvgIpc) is 2.96. The Balaban J connectivity index is 1.77. The number of rotatable bonds is 3. The summed E-state index contributed by atoms with van der Waals surface area (Å²) in [6.45, 7) is 2.65. The third kappa shape index (κ3) is 3.78. The molecule has 1 aliphatic heterocycles. The highest BCUT2D eigenvalue weighted by Crippen LogP contribution is 2.36. The summed E-state index contributed by atoms with van der Waals surface area (Å²) in [6.07, 6.45) is 3.83. The first-order valence-corrected chi connectivity index (χ1v) is 8.74. The summed E-state index contributed by atoms with van der Waals surface area (Å²) in [4.78, 5) is 26.5. The Morgan fingerprint density at radius 1 is 1.32 bits per heavy atom. The number of benzene rings is 1. The predicted octanol–water partition coefficient (Wildman–Crippen LogP) is 3.18. The van der Waals surface area contributed by atoms with Gasteiger partial charge in [-0.05, 0) is 23.6 Å². The van der Waals surface area contributed by atoms with Gasteiger partial charge in [0.05, 0.1) is 12.1 Å². The van der Waals surface area contributed by atoms with E-state index in [9.17, 15) is 14.9 Å². The molecule has 6 heteroatoms. The zero-order valence-corrected chi connectivity index (χ0v) is 14.6. The molecule has 2 heterocycles. The monoisotopic (exact) mass is 351 g/mol. The highest BCUT2D eigenvalue weighted by atomic mass is 32.1. The maximum Gasteiger partial charge on any atom is 0.249 e. The van der Waals surface area contributed by atoms with Crippen molar-refractivity contribution in [2.45, 2.75) is 19.9 Å². The Labute approximate surface area is 150 Å². The number of hydrogen-bond donors (Lipinski definition) is 1. The molecule has 0 bridgehead atoms. The lowest BCUT2D eigenvalue weighted by Gasteiger charge is -2.25. The molecule has 3 rings (SSSR count). The summed E-state index contributed by atoms with van der Waals surface area (Å²) in [5.41, 5.74) is 2.40. The van der Waals surface area contributed by atoms with Gasteiger partial charge in [-0.25, -0.2) is 0 Å². The summed E-state index contributed by atoms with van der Waals surface area (Å²) < 4.78 is 0. The minimum absolute atomic E-state index is 0.0222. The van der Waals surface area contributed by atoms with E-state index in [1.54, 1.807) is 17.9 Å². The molecule has 1 aromatic heterocycles. The fourth-order valence-electron chi connectivity index (χ4n) is 2.77. The van der Waals surface area contributed by atoms with Crippen molar-refractivity contribution in [2.75, 3.05) is 11.9 Å². The summed E-state index contributed by atoms with van der Waals surface area (Å²) in [6, 6.07) is 11.7. The molecule has 1 aromatic carbocycles. The Morgan fingerprint density at radius 3 is 2.76 bits per heavy atom. The molecule has 0 unspecified atom stereocenters. The van der Waals surface area contributed by atoms with E-state index in [-0.39, 0.29) is 11.8 Å². The zero-order chi connectivity index (χ0) is 17.8. The Bertz CT molecular complexity index is 878. The number of nitrogens with zero attached hydrogens (tertiary/aromatic N) is 2. The van der Waals surface area contributed by atoms with Crippen LogP contribution >= 0.6 is 11.3 Å². The van der Waals surface area contributed by atoms with Crippen molar-refractivity contribution in [3.63, 3.8) is 0 Å². The van der Waals surface area contributed by atoms with E-state index >= 15 is 0 Å². The first-order chi connectivity index (χ1) is 12.1. The molecular weight excluding hydrogens is 334 g/mol. The predicted molar refractivity (Wildman–Crippen MR) is 97.9 cm³/mol. The van der Waals surface area contributed by atoms with Gasteiger partial charge in [0.2, 0.25) is 11.8 Å². The molecule has 0 saturated heterocycles. The van der Waals surface area contributed by atoms with Crippen LogP contribution in [-0.2, 0) is 22.6 Å². The van der Waals surface area contributed by atoms with Crippen LogP contribution in [0.15, 0.2) is 36.4 Å². The molecule has 0 spiro atoms. The van der Waals surface area contributed by atoms with Crippen molar-refractivity contribution in [1.82, 2.24) is 4.90 Å². The van der Waals surface area contributed by atoms with E-state index in [4.69, 9.17) is 0 Å². The maximum atomic E-state index is 12.2. The second-order valence-electron chi connectivity index (χ2n) is 5.74. The lowest BCUT2D eigenvalue weighted by atomic mass is 10.0. The van der Waals surface area contributed by atoms with Crippen LogP contribution in [0, 0.1) is 11.3 Å². The molecule has 2 amide bonds. The fraction of sp³-hybridized carbons (Fsp3) is 0.211. The Hall–Kier alpha value is -2.91. The number of nitriles is 1. The van der Waals surface area contributed by atoms with Gasteiger partial charge in [0, 0.05) is 24.4 Å². The van der Waals surface area contributed by atoms with Crippen molar-refractivity contribution in [3.8, 4) is 6.07 Å². The van der Waals surface area contributed by atoms with E-state index in [1.807, 2.05) is 30.3 Å². The molecule has 0 fully saturated rings. The molecule has 1 N–H and O–H groups in total. The number of thiophene rings is 1. The van der Waals surface area contributed by atoms with Crippen LogP contribution in [0.2, 0.25) is 0 Å². The normalized spacial score (nSPS) is 13.4. The van der Waals surface area contributed by atoms with Crippen molar-refractivity contribution in [1.29, 1.82) is 5.26 Å². The molecule has 0 aliphatic carbocycles.